The van der Waals surface area contributed by atoms with Crippen LogP contribution in [0.3, 0.4) is 0 Å². The molecule has 1 atom stereocenters. The number of phenolic OH excluding ortho intramolecular Hbond substituents is 1. The molecule has 1 aromatic rings. The van der Waals surface area contributed by atoms with Gasteiger partial charge in [-0.25, -0.2) is 8.42 Å². The molecule has 2 heterocycles. The summed E-state index contributed by atoms with van der Waals surface area (Å²) < 4.78 is 32.5. The predicted octanol–water partition coefficient (Wildman–Crippen LogP) is 6.22. The lowest BCUT2D eigenvalue weighted by molar-refractivity contribution is -0.115. The number of hydrogen-bond acceptors (Lipinski definition) is 7. The molecule has 2 aliphatic heterocycles. The van der Waals surface area contributed by atoms with E-state index >= 15 is 0 Å². The molecule has 0 saturated heterocycles. The van der Waals surface area contributed by atoms with Crippen molar-refractivity contribution in [1.29, 1.82) is 0 Å². The Morgan fingerprint density at radius 1 is 0.952 bits per heavy atom. The van der Waals surface area contributed by atoms with E-state index in [0.717, 1.165) is 24.8 Å². The van der Waals surface area contributed by atoms with Gasteiger partial charge in [-0.2, -0.15) is 0 Å². The summed E-state index contributed by atoms with van der Waals surface area (Å²) in [5.41, 5.74) is 5.49. The second-order valence-corrected chi connectivity index (χ2v) is 13.9. The predicted molar refractivity (Wildman–Crippen MR) is 167 cm³/mol. The zero-order chi connectivity index (χ0) is 30.8. The van der Waals surface area contributed by atoms with Gasteiger partial charge in [-0.1, -0.05) is 40.5 Å². The van der Waals surface area contributed by atoms with Crippen molar-refractivity contribution in [3.05, 3.63) is 86.0 Å². The van der Waals surface area contributed by atoms with Gasteiger partial charge in [0, 0.05) is 23.2 Å². The van der Waals surface area contributed by atoms with Gasteiger partial charge in [0.05, 0.1) is 11.3 Å². The fourth-order valence-electron chi connectivity index (χ4n) is 5.47. The summed E-state index contributed by atoms with van der Waals surface area (Å²) in [6.07, 6.45) is 11.1. The van der Waals surface area contributed by atoms with Crippen LogP contribution in [0.1, 0.15) is 78.4 Å². The van der Waals surface area contributed by atoms with Gasteiger partial charge < -0.3 is 15.2 Å². The van der Waals surface area contributed by atoms with Gasteiger partial charge in [-0.3, -0.25) is 9.59 Å². The first-order valence-electron chi connectivity index (χ1n) is 14.5. The number of carbonyl (C=O) groups excluding carboxylic acids is 2. The summed E-state index contributed by atoms with van der Waals surface area (Å²) in [6, 6.07) is 3.05. The van der Waals surface area contributed by atoms with Crippen molar-refractivity contribution in [1.82, 2.24) is 5.32 Å². The zero-order valence-electron chi connectivity index (χ0n) is 25.4. The van der Waals surface area contributed by atoms with Crippen LogP contribution in [0.2, 0.25) is 0 Å². The van der Waals surface area contributed by atoms with Crippen LogP contribution in [0.15, 0.2) is 74.9 Å². The normalized spacial score (nSPS) is 19.8. The fraction of sp³-hybridized carbons (Fsp3) is 0.412. The highest BCUT2D eigenvalue weighted by molar-refractivity contribution is 7.96. The van der Waals surface area contributed by atoms with Gasteiger partial charge in [0.2, 0.25) is 11.6 Å². The number of benzene rings is 1. The van der Waals surface area contributed by atoms with Crippen molar-refractivity contribution in [2.24, 2.45) is 0 Å². The molecule has 0 amide bonds. The molecule has 3 aliphatic rings. The summed E-state index contributed by atoms with van der Waals surface area (Å²) in [5, 5.41) is 13.6. The third-order valence-electron chi connectivity index (χ3n) is 7.62. The van der Waals surface area contributed by atoms with Crippen LogP contribution in [-0.2, 0) is 25.8 Å². The van der Waals surface area contributed by atoms with Crippen LogP contribution in [0.25, 0.3) is 5.57 Å². The molecule has 4 rings (SSSR count). The highest BCUT2D eigenvalue weighted by atomic mass is 32.2. The van der Waals surface area contributed by atoms with Crippen LogP contribution < -0.4 is 10.1 Å². The lowest BCUT2D eigenvalue weighted by atomic mass is 9.81. The van der Waals surface area contributed by atoms with Crippen LogP contribution in [0.4, 0.5) is 0 Å². The van der Waals surface area contributed by atoms with E-state index in [1.54, 1.807) is 6.07 Å². The number of ether oxygens (including phenoxy) is 1. The number of phenols is 1. The quantitative estimate of drug-likeness (QED) is 0.259. The Morgan fingerprint density at radius 3 is 2.24 bits per heavy atom. The van der Waals surface area contributed by atoms with E-state index in [4.69, 9.17) is 4.74 Å². The maximum Gasteiger partial charge on any atom is 0.211 e. The highest BCUT2D eigenvalue weighted by Gasteiger charge is 2.48. The SMILES string of the molecule is CC(C)=CCCC(C)=CCc1cc(O)cc2c1OC(C=C(C)CCC=C(C)C)C1=C2C(=O)C2=C(C1=O)S(=O)(=O)CCN2. The van der Waals surface area contributed by atoms with Gasteiger partial charge >= 0.3 is 0 Å². The van der Waals surface area contributed by atoms with Crippen LogP contribution in [-0.4, -0.2) is 43.5 Å². The molecule has 2 N–H and O–H groups in total. The van der Waals surface area contributed by atoms with E-state index in [2.05, 4.69) is 44.3 Å². The molecule has 0 saturated carbocycles. The average molecular weight is 592 g/mol. The third kappa shape index (κ3) is 6.70. The number of carbonyl (C=O) groups is 2. The minimum Gasteiger partial charge on any atom is -0.508 e. The molecule has 0 radical (unpaired) electrons. The first-order valence-corrected chi connectivity index (χ1v) is 16.1. The van der Waals surface area contributed by atoms with Crippen molar-refractivity contribution in [3.63, 3.8) is 0 Å². The summed E-state index contributed by atoms with van der Waals surface area (Å²) in [5.74, 6) is -1.21. The van der Waals surface area contributed by atoms with E-state index in [1.165, 1.54) is 22.8 Å². The number of Topliss-reactive ketones (excluding diaryl/α,β-unsaturated/α-hetero) is 2. The Hall–Kier alpha value is -3.65. The fourth-order valence-corrected chi connectivity index (χ4v) is 6.91. The molecule has 224 valence electrons. The minimum absolute atomic E-state index is 0.00471. The summed E-state index contributed by atoms with van der Waals surface area (Å²) in [6.45, 7) is 12.2. The molecule has 0 aromatic heterocycles. The van der Waals surface area contributed by atoms with E-state index in [0.29, 0.717) is 29.7 Å². The van der Waals surface area contributed by atoms with Crippen LogP contribution in [0.5, 0.6) is 11.5 Å². The number of hydrogen-bond donors (Lipinski definition) is 2. The number of ketones is 2. The molecule has 1 aromatic carbocycles. The Bertz CT molecular complexity index is 1610. The van der Waals surface area contributed by atoms with Crippen LogP contribution in [0, 0.1) is 0 Å². The number of sulfone groups is 1. The maximum absolute atomic E-state index is 14.0. The second kappa shape index (κ2) is 12.7. The molecular weight excluding hydrogens is 550 g/mol. The van der Waals surface area contributed by atoms with Crippen molar-refractivity contribution in [2.45, 2.75) is 79.8 Å². The lowest BCUT2D eigenvalue weighted by Crippen LogP contribution is -2.44. The largest absolute Gasteiger partial charge is 0.508 e. The van der Waals surface area contributed by atoms with Gasteiger partial charge in [-0.15, -0.1) is 0 Å². The number of fused-ring (bicyclic) bond motifs is 2. The molecule has 42 heavy (non-hydrogen) atoms. The first-order chi connectivity index (χ1) is 19.8. The Morgan fingerprint density at radius 2 is 1.60 bits per heavy atom. The van der Waals surface area contributed by atoms with E-state index in [1.807, 2.05) is 26.8 Å². The lowest BCUT2D eigenvalue weighted by Gasteiger charge is -2.35. The maximum atomic E-state index is 14.0. The third-order valence-corrected chi connectivity index (χ3v) is 9.38. The molecule has 7 nitrogen and oxygen atoms in total. The average Bonchev–Trinajstić information content (AvgIpc) is 2.89. The van der Waals surface area contributed by atoms with Crippen molar-refractivity contribution < 1.29 is 27.9 Å². The number of aromatic hydroxyl groups is 1. The molecule has 1 aliphatic carbocycles. The summed E-state index contributed by atoms with van der Waals surface area (Å²) in [7, 11) is -3.95. The van der Waals surface area contributed by atoms with Crippen molar-refractivity contribution in [2.75, 3.05) is 12.3 Å². The Labute approximate surface area is 249 Å². The van der Waals surface area contributed by atoms with E-state index in [9.17, 15) is 23.1 Å². The minimum atomic E-state index is -3.95. The van der Waals surface area contributed by atoms with Gasteiger partial charge in [-0.05, 0) is 91.9 Å². The number of rotatable bonds is 9. The standard InChI is InChI=1S/C34H41NO6S/c1-20(2)9-7-11-22(5)13-14-24-18-25(36)19-26-28-29(27(41-33(24)26)17-23(6)12-8-10-21(3)4)32(38)34-30(31(28)37)35-15-16-42(34,39)40/h9-10,13,17-19,27,35-36H,7-8,11-12,14-16H2,1-6H3. The highest BCUT2D eigenvalue weighted by Crippen LogP contribution is 2.46. The molecule has 8 heteroatoms. The molecule has 0 spiro atoms. The second-order valence-electron chi connectivity index (χ2n) is 11.8. The van der Waals surface area contributed by atoms with Crippen molar-refractivity contribution in [3.8, 4) is 11.5 Å². The summed E-state index contributed by atoms with van der Waals surface area (Å²) >= 11 is 0. The Balaban J connectivity index is 1.83. The Kier molecular flexibility index (Phi) is 9.46. The topological polar surface area (TPSA) is 110 Å². The number of nitrogens with one attached hydrogen (secondary N) is 1. The molecular formula is C34H41NO6S. The van der Waals surface area contributed by atoms with Gasteiger partial charge in [0.1, 0.15) is 28.2 Å². The van der Waals surface area contributed by atoms with Crippen molar-refractivity contribution >= 4 is 27.0 Å². The first kappa shape index (κ1) is 31.3. The monoisotopic (exact) mass is 591 g/mol. The van der Waals surface area contributed by atoms with Gasteiger partial charge in [0.25, 0.3) is 0 Å². The summed E-state index contributed by atoms with van der Waals surface area (Å²) in [4.78, 5) is 27.4. The molecule has 1 unspecified atom stereocenters. The van der Waals surface area contributed by atoms with E-state index in [-0.39, 0.29) is 34.9 Å². The number of allylic oxidation sites excluding steroid dienone is 9. The molecule has 0 fully saturated rings. The van der Waals surface area contributed by atoms with Crippen LogP contribution >= 0.6 is 0 Å². The van der Waals surface area contributed by atoms with E-state index < -0.39 is 32.4 Å². The molecule has 0 bridgehead atoms. The smallest absolute Gasteiger partial charge is 0.211 e. The van der Waals surface area contributed by atoms with Gasteiger partial charge in [0.15, 0.2) is 9.84 Å². The zero-order valence-corrected chi connectivity index (χ0v) is 26.2.